The standard InChI is InChI=1S/C19H27NO/c1-19(2,20-11-4-3-5-12-20)18(21)14-15-9-10-16-7-6-8-17(16)13-15/h9-10,13H,3-8,11-12,14H2,1-2H3. The predicted octanol–water partition coefficient (Wildman–Crippen LogP) is 3.55. The number of rotatable bonds is 4. The number of hydrogen-bond acceptors (Lipinski definition) is 2. The maximum absolute atomic E-state index is 12.8. The molecule has 0 radical (unpaired) electrons. The quantitative estimate of drug-likeness (QED) is 0.843. The van der Waals surface area contributed by atoms with E-state index in [-0.39, 0.29) is 5.54 Å². The molecule has 1 fully saturated rings. The fourth-order valence-corrected chi connectivity index (χ4v) is 3.77. The van der Waals surface area contributed by atoms with Gasteiger partial charge in [0.1, 0.15) is 0 Å². The largest absolute Gasteiger partial charge is 0.297 e. The summed E-state index contributed by atoms with van der Waals surface area (Å²) < 4.78 is 0. The lowest BCUT2D eigenvalue weighted by atomic mass is 9.89. The number of nitrogens with zero attached hydrogens (tertiary/aromatic N) is 1. The number of likely N-dealkylation sites (tertiary alicyclic amines) is 1. The van der Waals surface area contributed by atoms with Gasteiger partial charge in [0.05, 0.1) is 5.54 Å². The van der Waals surface area contributed by atoms with Gasteiger partial charge in [-0.3, -0.25) is 9.69 Å². The predicted molar refractivity (Wildman–Crippen MR) is 86.7 cm³/mol. The number of benzene rings is 1. The molecule has 1 heterocycles. The number of piperidine rings is 1. The molecule has 2 nitrogen and oxygen atoms in total. The first-order chi connectivity index (χ1) is 10.1. The van der Waals surface area contributed by atoms with Crippen molar-refractivity contribution in [1.29, 1.82) is 0 Å². The summed E-state index contributed by atoms with van der Waals surface area (Å²) in [6.45, 7) is 6.36. The Morgan fingerprint density at radius 1 is 1.05 bits per heavy atom. The zero-order chi connectivity index (χ0) is 14.9. The highest BCUT2D eigenvalue weighted by Crippen LogP contribution is 2.26. The Bertz CT molecular complexity index is 526. The van der Waals surface area contributed by atoms with Gasteiger partial charge in [-0.2, -0.15) is 0 Å². The highest BCUT2D eigenvalue weighted by Gasteiger charge is 2.34. The third kappa shape index (κ3) is 3.06. The number of ketones is 1. The molecular formula is C19H27NO. The number of Topliss-reactive ketones (excluding diaryl/α,β-unsaturated/α-hetero) is 1. The molecule has 2 aliphatic rings. The second-order valence-corrected chi connectivity index (χ2v) is 7.16. The highest BCUT2D eigenvalue weighted by molar-refractivity contribution is 5.89. The molecule has 2 heteroatoms. The van der Waals surface area contributed by atoms with Crippen molar-refractivity contribution in [1.82, 2.24) is 4.90 Å². The van der Waals surface area contributed by atoms with Gasteiger partial charge in [0.25, 0.3) is 0 Å². The van der Waals surface area contributed by atoms with Crippen molar-refractivity contribution in [3.63, 3.8) is 0 Å². The average molecular weight is 285 g/mol. The Kier molecular flexibility index (Phi) is 4.17. The van der Waals surface area contributed by atoms with Crippen LogP contribution in [-0.2, 0) is 24.1 Å². The van der Waals surface area contributed by atoms with E-state index in [1.807, 2.05) is 0 Å². The van der Waals surface area contributed by atoms with Crippen molar-refractivity contribution in [3.8, 4) is 0 Å². The van der Waals surface area contributed by atoms with Crippen LogP contribution < -0.4 is 0 Å². The first-order valence-electron chi connectivity index (χ1n) is 8.46. The Balaban J connectivity index is 1.70. The van der Waals surface area contributed by atoms with Gasteiger partial charge in [-0.25, -0.2) is 0 Å². The summed E-state index contributed by atoms with van der Waals surface area (Å²) in [5.74, 6) is 0.363. The number of carbonyl (C=O) groups is 1. The highest BCUT2D eigenvalue weighted by atomic mass is 16.1. The zero-order valence-corrected chi connectivity index (χ0v) is 13.5. The number of fused-ring (bicyclic) bond motifs is 1. The molecule has 1 saturated heterocycles. The molecule has 0 saturated carbocycles. The molecule has 0 spiro atoms. The third-order valence-electron chi connectivity index (χ3n) is 5.36. The Morgan fingerprint density at radius 2 is 1.76 bits per heavy atom. The van der Waals surface area contributed by atoms with Gasteiger partial charge < -0.3 is 0 Å². The lowest BCUT2D eigenvalue weighted by Gasteiger charge is -2.39. The van der Waals surface area contributed by atoms with Crippen LogP contribution in [0.15, 0.2) is 18.2 Å². The van der Waals surface area contributed by atoms with Crippen molar-refractivity contribution in [3.05, 3.63) is 34.9 Å². The van der Waals surface area contributed by atoms with E-state index in [4.69, 9.17) is 0 Å². The van der Waals surface area contributed by atoms with Crippen LogP contribution in [0.2, 0.25) is 0 Å². The fraction of sp³-hybridized carbons (Fsp3) is 0.632. The SMILES string of the molecule is CC(C)(C(=O)Cc1ccc2c(c1)CCC2)N1CCCCC1. The van der Waals surface area contributed by atoms with E-state index >= 15 is 0 Å². The summed E-state index contributed by atoms with van der Waals surface area (Å²) in [6, 6.07) is 6.67. The number of aryl methyl sites for hydroxylation is 2. The topological polar surface area (TPSA) is 20.3 Å². The van der Waals surface area contributed by atoms with Gasteiger partial charge in [-0.1, -0.05) is 24.6 Å². The minimum atomic E-state index is -0.320. The second kappa shape index (κ2) is 5.92. The van der Waals surface area contributed by atoms with Gasteiger partial charge >= 0.3 is 0 Å². The molecule has 1 aliphatic carbocycles. The summed E-state index contributed by atoms with van der Waals surface area (Å²) in [6.07, 6.45) is 8.02. The Labute approximate surface area is 128 Å². The van der Waals surface area contributed by atoms with E-state index in [2.05, 4.69) is 36.9 Å². The first kappa shape index (κ1) is 14.8. The van der Waals surface area contributed by atoms with Crippen LogP contribution in [0.3, 0.4) is 0 Å². The molecule has 114 valence electrons. The van der Waals surface area contributed by atoms with Gasteiger partial charge in [0.15, 0.2) is 5.78 Å². The molecule has 0 amide bonds. The molecular weight excluding hydrogens is 258 g/mol. The summed E-state index contributed by atoms with van der Waals surface area (Å²) in [7, 11) is 0. The van der Waals surface area contributed by atoms with Gasteiger partial charge in [0, 0.05) is 6.42 Å². The van der Waals surface area contributed by atoms with E-state index in [0.717, 1.165) is 13.1 Å². The molecule has 1 aromatic carbocycles. The van der Waals surface area contributed by atoms with Crippen molar-refractivity contribution in [2.75, 3.05) is 13.1 Å². The minimum Gasteiger partial charge on any atom is -0.297 e. The smallest absolute Gasteiger partial charge is 0.156 e. The van der Waals surface area contributed by atoms with Crippen LogP contribution >= 0.6 is 0 Å². The van der Waals surface area contributed by atoms with Crippen LogP contribution in [0.25, 0.3) is 0 Å². The van der Waals surface area contributed by atoms with E-state index in [1.165, 1.54) is 55.2 Å². The number of hydrogen-bond donors (Lipinski definition) is 0. The van der Waals surface area contributed by atoms with Crippen molar-refractivity contribution in [2.45, 2.75) is 64.3 Å². The van der Waals surface area contributed by atoms with Crippen LogP contribution in [0.5, 0.6) is 0 Å². The molecule has 1 aliphatic heterocycles. The molecule has 0 bridgehead atoms. The Morgan fingerprint density at radius 3 is 2.52 bits per heavy atom. The summed E-state index contributed by atoms with van der Waals surface area (Å²) in [5, 5.41) is 0. The molecule has 0 N–H and O–H groups in total. The monoisotopic (exact) mass is 285 g/mol. The van der Waals surface area contributed by atoms with E-state index in [1.54, 1.807) is 0 Å². The van der Waals surface area contributed by atoms with Gasteiger partial charge in [-0.05, 0) is 75.7 Å². The Hall–Kier alpha value is -1.15. The van der Waals surface area contributed by atoms with Crippen molar-refractivity contribution in [2.24, 2.45) is 0 Å². The summed E-state index contributed by atoms with van der Waals surface area (Å²) in [4.78, 5) is 15.2. The van der Waals surface area contributed by atoms with E-state index in [9.17, 15) is 4.79 Å². The van der Waals surface area contributed by atoms with E-state index in [0.29, 0.717) is 12.2 Å². The second-order valence-electron chi connectivity index (χ2n) is 7.16. The lowest BCUT2D eigenvalue weighted by Crippen LogP contribution is -2.52. The van der Waals surface area contributed by atoms with Crippen LogP contribution in [-0.4, -0.2) is 29.3 Å². The zero-order valence-electron chi connectivity index (χ0n) is 13.5. The van der Waals surface area contributed by atoms with E-state index < -0.39 is 0 Å². The van der Waals surface area contributed by atoms with Crippen LogP contribution in [0.4, 0.5) is 0 Å². The van der Waals surface area contributed by atoms with Crippen molar-refractivity contribution < 1.29 is 4.79 Å². The summed E-state index contributed by atoms with van der Waals surface area (Å²) >= 11 is 0. The number of carbonyl (C=O) groups excluding carboxylic acids is 1. The molecule has 0 atom stereocenters. The molecule has 0 aromatic heterocycles. The first-order valence-corrected chi connectivity index (χ1v) is 8.46. The average Bonchev–Trinajstić information content (AvgIpc) is 2.95. The normalized spacial score (nSPS) is 19.5. The van der Waals surface area contributed by atoms with Crippen LogP contribution in [0.1, 0.15) is 56.2 Å². The maximum Gasteiger partial charge on any atom is 0.156 e. The fourth-order valence-electron chi connectivity index (χ4n) is 3.77. The van der Waals surface area contributed by atoms with Crippen molar-refractivity contribution >= 4 is 5.78 Å². The lowest BCUT2D eigenvalue weighted by molar-refractivity contribution is -0.129. The van der Waals surface area contributed by atoms with Gasteiger partial charge in [-0.15, -0.1) is 0 Å². The maximum atomic E-state index is 12.8. The molecule has 0 unspecified atom stereocenters. The van der Waals surface area contributed by atoms with Gasteiger partial charge in [0.2, 0.25) is 0 Å². The summed E-state index contributed by atoms with van der Waals surface area (Å²) in [5.41, 5.74) is 3.84. The minimum absolute atomic E-state index is 0.320. The molecule has 3 rings (SSSR count). The molecule has 1 aromatic rings. The third-order valence-corrected chi connectivity index (χ3v) is 5.36. The molecule has 21 heavy (non-hydrogen) atoms. The van der Waals surface area contributed by atoms with Crippen LogP contribution in [0, 0.1) is 0 Å².